The second-order valence-electron chi connectivity index (χ2n) is 4.75. The average Bonchev–Trinajstić information content (AvgIpc) is 3.06. The first-order chi connectivity index (χ1) is 10.1. The van der Waals surface area contributed by atoms with Crippen LogP contribution in [0.4, 0.5) is 8.78 Å². The molecule has 0 radical (unpaired) electrons. The molecule has 0 fully saturated rings. The second-order valence-corrected chi connectivity index (χ2v) is 6.20. The average molecular weight is 330 g/mol. The van der Waals surface area contributed by atoms with Gasteiger partial charge in [0.1, 0.15) is 11.5 Å². The molecule has 8 heteroatoms. The lowest BCUT2D eigenvalue weighted by atomic mass is 10.0. The van der Waals surface area contributed by atoms with Gasteiger partial charge in [-0.3, -0.25) is 4.39 Å². The van der Waals surface area contributed by atoms with Gasteiger partial charge in [-0.05, 0) is 19.2 Å². The Bertz CT molecular complexity index is 570. The molecule has 0 saturated carbocycles. The summed E-state index contributed by atoms with van der Waals surface area (Å²) in [7, 11) is 1.85. The SMILES string of the molecule is C=CC1=NSN(C)C1C/C(F)=C\c1nsnc1C(C)CF. The summed E-state index contributed by atoms with van der Waals surface area (Å²) in [5.74, 6) is -0.707. The van der Waals surface area contributed by atoms with Gasteiger partial charge >= 0.3 is 0 Å². The van der Waals surface area contributed by atoms with E-state index >= 15 is 0 Å². The highest BCUT2D eigenvalue weighted by Gasteiger charge is 2.27. The number of hydrogen-bond acceptors (Lipinski definition) is 6. The molecule has 2 atom stereocenters. The summed E-state index contributed by atoms with van der Waals surface area (Å²) in [4.78, 5) is 0. The Morgan fingerprint density at radius 2 is 2.29 bits per heavy atom. The van der Waals surface area contributed by atoms with Crippen LogP contribution in [0.15, 0.2) is 22.9 Å². The zero-order valence-electron chi connectivity index (χ0n) is 11.8. The number of aromatic nitrogens is 2. The van der Waals surface area contributed by atoms with Crippen LogP contribution in [0.1, 0.15) is 30.7 Å². The molecule has 2 rings (SSSR count). The quantitative estimate of drug-likeness (QED) is 0.744. The Hall–Kier alpha value is -1.12. The summed E-state index contributed by atoms with van der Waals surface area (Å²) < 4.78 is 41.1. The van der Waals surface area contributed by atoms with Gasteiger partial charge in [0.25, 0.3) is 0 Å². The van der Waals surface area contributed by atoms with Crippen molar-refractivity contribution in [2.75, 3.05) is 13.7 Å². The Kier molecular flexibility index (Phi) is 5.60. The second kappa shape index (κ2) is 7.24. The number of nitrogens with zero attached hydrogens (tertiary/aromatic N) is 4. The van der Waals surface area contributed by atoms with E-state index in [-0.39, 0.29) is 24.2 Å². The standard InChI is InChI=1S/C13H16F2N4S2/c1-4-10-12(19(3)21-17-10)6-9(15)5-11-13(8(2)7-14)18-20-16-11/h4-5,8,12H,1,6-7H2,2-3H3/b9-5+. The number of hydrogen-bond donors (Lipinski definition) is 0. The fourth-order valence-corrected chi connectivity index (χ4v) is 3.28. The third-order valence-electron chi connectivity index (χ3n) is 3.19. The van der Waals surface area contributed by atoms with E-state index in [0.717, 1.165) is 17.4 Å². The Balaban J connectivity index is 2.13. The van der Waals surface area contributed by atoms with Crippen molar-refractivity contribution in [3.63, 3.8) is 0 Å². The zero-order chi connectivity index (χ0) is 15.4. The van der Waals surface area contributed by atoms with E-state index in [9.17, 15) is 8.78 Å². The largest absolute Gasteiger partial charge is 0.250 e. The maximum Gasteiger partial charge on any atom is 0.104 e. The smallest absolute Gasteiger partial charge is 0.104 e. The van der Waals surface area contributed by atoms with Gasteiger partial charge in [0.2, 0.25) is 0 Å². The molecule has 1 aliphatic heterocycles. The van der Waals surface area contributed by atoms with Crippen LogP contribution in [0.25, 0.3) is 6.08 Å². The molecule has 2 unspecified atom stereocenters. The zero-order valence-corrected chi connectivity index (χ0v) is 13.4. The highest BCUT2D eigenvalue weighted by Crippen LogP contribution is 2.29. The van der Waals surface area contributed by atoms with Crippen molar-refractivity contribution in [1.29, 1.82) is 0 Å². The van der Waals surface area contributed by atoms with Crippen LogP contribution < -0.4 is 0 Å². The molecule has 114 valence electrons. The van der Waals surface area contributed by atoms with E-state index in [1.54, 1.807) is 13.0 Å². The van der Waals surface area contributed by atoms with E-state index in [1.165, 1.54) is 18.2 Å². The van der Waals surface area contributed by atoms with Crippen LogP contribution >= 0.6 is 23.9 Å². The summed E-state index contributed by atoms with van der Waals surface area (Å²) >= 11 is 2.25. The lowest BCUT2D eigenvalue weighted by molar-refractivity contribution is 0.443. The Morgan fingerprint density at radius 3 is 2.95 bits per heavy atom. The molecule has 0 aromatic carbocycles. The van der Waals surface area contributed by atoms with Crippen molar-refractivity contribution in [2.45, 2.75) is 25.3 Å². The van der Waals surface area contributed by atoms with Gasteiger partial charge in [-0.15, -0.1) is 0 Å². The van der Waals surface area contributed by atoms with Crippen LogP contribution in [0.3, 0.4) is 0 Å². The van der Waals surface area contributed by atoms with Gasteiger partial charge in [0.15, 0.2) is 0 Å². The fraction of sp³-hybridized carbons (Fsp3) is 0.462. The molecular formula is C13H16F2N4S2. The topological polar surface area (TPSA) is 41.4 Å². The van der Waals surface area contributed by atoms with Crippen molar-refractivity contribution in [3.8, 4) is 0 Å². The molecule has 21 heavy (non-hydrogen) atoms. The van der Waals surface area contributed by atoms with Gasteiger partial charge in [0, 0.05) is 12.3 Å². The van der Waals surface area contributed by atoms with E-state index in [1.807, 2.05) is 11.4 Å². The van der Waals surface area contributed by atoms with E-state index in [4.69, 9.17) is 0 Å². The normalized spacial score (nSPS) is 21.4. The van der Waals surface area contributed by atoms with Crippen molar-refractivity contribution < 1.29 is 8.78 Å². The van der Waals surface area contributed by atoms with Crippen molar-refractivity contribution in [1.82, 2.24) is 13.1 Å². The third-order valence-corrected chi connectivity index (χ3v) is 4.55. The summed E-state index contributed by atoms with van der Waals surface area (Å²) in [5.41, 5.74) is 1.66. The van der Waals surface area contributed by atoms with E-state index < -0.39 is 6.67 Å². The Labute approximate surface area is 131 Å². The molecule has 0 saturated heterocycles. The number of rotatable bonds is 6. The molecule has 1 aromatic rings. The van der Waals surface area contributed by atoms with Crippen LogP contribution in [-0.2, 0) is 0 Å². The van der Waals surface area contributed by atoms with Crippen LogP contribution in [0.2, 0.25) is 0 Å². The first-order valence-electron chi connectivity index (χ1n) is 6.41. The third kappa shape index (κ3) is 3.75. The number of halogens is 2. The van der Waals surface area contributed by atoms with Gasteiger partial charge in [-0.25, -0.2) is 13.1 Å². The fourth-order valence-electron chi connectivity index (χ4n) is 1.93. The summed E-state index contributed by atoms with van der Waals surface area (Å²) in [6.07, 6.45) is 3.15. The van der Waals surface area contributed by atoms with Crippen molar-refractivity contribution >= 4 is 35.6 Å². The Morgan fingerprint density at radius 1 is 1.52 bits per heavy atom. The number of alkyl halides is 1. The van der Waals surface area contributed by atoms with Crippen molar-refractivity contribution in [2.24, 2.45) is 4.40 Å². The summed E-state index contributed by atoms with van der Waals surface area (Å²) in [6.45, 7) is 4.85. The monoisotopic (exact) mass is 330 g/mol. The molecule has 1 aliphatic rings. The molecule has 0 spiro atoms. The van der Waals surface area contributed by atoms with Crippen molar-refractivity contribution in [3.05, 3.63) is 29.9 Å². The molecule has 4 nitrogen and oxygen atoms in total. The predicted octanol–water partition coefficient (Wildman–Crippen LogP) is 3.82. The molecule has 2 heterocycles. The minimum atomic E-state index is -0.539. The molecule has 0 aliphatic carbocycles. The lowest BCUT2D eigenvalue weighted by Gasteiger charge is -2.16. The minimum Gasteiger partial charge on any atom is -0.250 e. The van der Waals surface area contributed by atoms with Gasteiger partial charge in [-0.1, -0.05) is 13.5 Å². The van der Waals surface area contributed by atoms with Gasteiger partial charge < -0.3 is 0 Å². The minimum absolute atomic E-state index is 0.155. The van der Waals surface area contributed by atoms with Crippen LogP contribution in [0, 0.1) is 0 Å². The van der Waals surface area contributed by atoms with E-state index in [0.29, 0.717) is 11.4 Å². The first-order valence-corrected chi connectivity index (χ1v) is 7.87. The molecule has 0 bridgehead atoms. The van der Waals surface area contributed by atoms with Gasteiger partial charge in [-0.2, -0.15) is 8.75 Å². The molecule has 1 aromatic heterocycles. The maximum atomic E-state index is 14.2. The highest BCUT2D eigenvalue weighted by atomic mass is 32.2. The summed E-state index contributed by atoms with van der Waals surface area (Å²) in [5, 5.41) is 0. The van der Waals surface area contributed by atoms with Gasteiger partial charge in [0.05, 0.1) is 48.0 Å². The maximum absolute atomic E-state index is 14.2. The van der Waals surface area contributed by atoms with Crippen LogP contribution in [-0.4, -0.2) is 38.5 Å². The van der Waals surface area contributed by atoms with E-state index in [2.05, 4.69) is 19.7 Å². The molecule has 0 N–H and O–H groups in total. The predicted molar refractivity (Wildman–Crippen MR) is 84.8 cm³/mol. The summed E-state index contributed by atoms with van der Waals surface area (Å²) in [6, 6.07) is -0.155. The molecule has 0 amide bonds. The molecular weight excluding hydrogens is 314 g/mol. The highest BCUT2D eigenvalue weighted by molar-refractivity contribution is 7.96. The lowest BCUT2D eigenvalue weighted by Crippen LogP contribution is -2.28. The first kappa shape index (κ1) is 16.3. The van der Waals surface area contributed by atoms with Crippen LogP contribution in [0.5, 0.6) is 0 Å².